The van der Waals surface area contributed by atoms with Crippen LogP contribution in [-0.2, 0) is 30.5 Å². The first-order valence-corrected chi connectivity index (χ1v) is 9.99. The number of rotatable bonds is 6. The van der Waals surface area contributed by atoms with Crippen LogP contribution in [-0.4, -0.2) is 22.0 Å². The first-order chi connectivity index (χ1) is 12.7. The molecule has 0 atom stereocenters. The summed E-state index contributed by atoms with van der Waals surface area (Å²) in [7, 11) is 0. The van der Waals surface area contributed by atoms with Crippen molar-refractivity contribution in [3.63, 3.8) is 0 Å². The van der Waals surface area contributed by atoms with Crippen molar-refractivity contribution in [3.8, 4) is 0 Å². The molecule has 2 heterocycles. The van der Waals surface area contributed by atoms with Gasteiger partial charge in [-0.05, 0) is 43.7 Å². The molecule has 26 heavy (non-hydrogen) atoms. The van der Waals surface area contributed by atoms with Crippen molar-refractivity contribution in [2.24, 2.45) is 0 Å². The number of carbonyl (C=O) groups is 2. The summed E-state index contributed by atoms with van der Waals surface area (Å²) >= 11 is 1.54. The molecule has 8 heteroatoms. The van der Waals surface area contributed by atoms with E-state index in [4.69, 9.17) is 4.52 Å². The van der Waals surface area contributed by atoms with Crippen LogP contribution in [0.4, 0.5) is 0 Å². The van der Waals surface area contributed by atoms with Gasteiger partial charge in [0.05, 0.1) is 4.88 Å². The van der Waals surface area contributed by atoms with E-state index in [1.54, 1.807) is 0 Å². The van der Waals surface area contributed by atoms with Crippen molar-refractivity contribution in [1.82, 2.24) is 21.0 Å². The van der Waals surface area contributed by atoms with Gasteiger partial charge in [-0.25, -0.2) is 0 Å². The molecule has 0 fully saturated rings. The molecule has 140 valence electrons. The van der Waals surface area contributed by atoms with Crippen LogP contribution in [0.15, 0.2) is 10.6 Å². The smallest absolute Gasteiger partial charge is 0.279 e. The topological polar surface area (TPSA) is 97.1 Å². The molecule has 0 saturated heterocycles. The second-order valence-electron chi connectivity index (χ2n) is 6.43. The third kappa shape index (κ3) is 4.91. The molecule has 0 aliphatic heterocycles. The number of hydrazine groups is 1. The largest absolute Gasteiger partial charge is 0.339 e. The molecule has 3 rings (SSSR count). The average molecular weight is 376 g/mol. The van der Waals surface area contributed by atoms with Crippen LogP contribution in [0.25, 0.3) is 0 Å². The van der Waals surface area contributed by atoms with Gasteiger partial charge in [0.15, 0.2) is 5.82 Å². The van der Waals surface area contributed by atoms with E-state index in [0.29, 0.717) is 29.4 Å². The zero-order chi connectivity index (χ0) is 18.4. The third-order valence-corrected chi connectivity index (χ3v) is 5.64. The van der Waals surface area contributed by atoms with Crippen molar-refractivity contribution in [3.05, 3.63) is 33.1 Å². The van der Waals surface area contributed by atoms with Gasteiger partial charge in [-0.1, -0.05) is 18.5 Å². The zero-order valence-electron chi connectivity index (χ0n) is 15.0. The maximum absolute atomic E-state index is 12.2. The number of aryl methyl sites for hydroxylation is 4. The molecular formula is C18H24N4O3S. The fourth-order valence-electron chi connectivity index (χ4n) is 2.97. The minimum absolute atomic E-state index is 0.230. The van der Waals surface area contributed by atoms with Gasteiger partial charge in [-0.15, -0.1) is 11.3 Å². The summed E-state index contributed by atoms with van der Waals surface area (Å²) in [5.41, 5.74) is 6.27. The number of nitrogens with zero attached hydrogens (tertiary/aromatic N) is 2. The predicted octanol–water partition coefficient (Wildman–Crippen LogP) is 2.75. The number of fused-ring (bicyclic) bond motifs is 1. The third-order valence-electron chi connectivity index (χ3n) is 4.41. The van der Waals surface area contributed by atoms with Crippen LogP contribution < -0.4 is 10.9 Å². The Morgan fingerprint density at radius 3 is 2.88 bits per heavy atom. The first kappa shape index (κ1) is 18.6. The highest BCUT2D eigenvalue weighted by Gasteiger charge is 2.17. The van der Waals surface area contributed by atoms with E-state index in [0.717, 1.165) is 19.3 Å². The lowest BCUT2D eigenvalue weighted by Gasteiger charge is -2.05. The van der Waals surface area contributed by atoms with Gasteiger partial charge in [-0.2, -0.15) is 4.98 Å². The molecule has 1 aliphatic rings. The number of amides is 2. The molecule has 2 N–H and O–H groups in total. The SMILES string of the molecule is CCc1noc(CCCC(=O)NNC(=O)c2cc3c(s2)CCCCC3)n1. The van der Waals surface area contributed by atoms with Gasteiger partial charge in [0.2, 0.25) is 11.8 Å². The van der Waals surface area contributed by atoms with Crippen molar-refractivity contribution in [1.29, 1.82) is 0 Å². The Morgan fingerprint density at radius 1 is 1.23 bits per heavy atom. The number of nitrogens with one attached hydrogen (secondary N) is 2. The Morgan fingerprint density at radius 2 is 2.08 bits per heavy atom. The van der Waals surface area contributed by atoms with Crippen LogP contribution in [0, 0.1) is 0 Å². The Bertz CT molecular complexity index is 745. The highest BCUT2D eigenvalue weighted by molar-refractivity contribution is 7.14. The fourth-order valence-corrected chi connectivity index (χ4v) is 4.11. The summed E-state index contributed by atoms with van der Waals surface area (Å²) in [6.07, 6.45) is 7.85. The van der Waals surface area contributed by atoms with Gasteiger partial charge < -0.3 is 4.52 Å². The van der Waals surface area contributed by atoms with Crippen molar-refractivity contribution in [2.75, 3.05) is 0 Å². The Labute approximate surface area is 156 Å². The molecular weight excluding hydrogens is 352 g/mol. The zero-order valence-corrected chi connectivity index (χ0v) is 15.8. The van der Waals surface area contributed by atoms with Crippen LogP contribution in [0.3, 0.4) is 0 Å². The van der Waals surface area contributed by atoms with Crippen LogP contribution in [0.5, 0.6) is 0 Å². The van der Waals surface area contributed by atoms with Gasteiger partial charge in [0.25, 0.3) is 5.91 Å². The van der Waals surface area contributed by atoms with Crippen LogP contribution >= 0.6 is 11.3 Å². The van der Waals surface area contributed by atoms with Crippen molar-refractivity contribution >= 4 is 23.2 Å². The maximum Gasteiger partial charge on any atom is 0.279 e. The molecule has 2 aromatic heterocycles. The second-order valence-corrected chi connectivity index (χ2v) is 7.57. The normalized spacial score (nSPS) is 13.7. The predicted molar refractivity (Wildman–Crippen MR) is 97.8 cm³/mol. The summed E-state index contributed by atoms with van der Waals surface area (Å²) in [4.78, 5) is 30.3. The number of thiophene rings is 1. The average Bonchev–Trinajstić information content (AvgIpc) is 3.21. The lowest BCUT2D eigenvalue weighted by molar-refractivity contribution is -0.121. The number of hydrogen-bond donors (Lipinski definition) is 2. The van der Waals surface area contributed by atoms with Gasteiger partial charge in [-0.3, -0.25) is 20.4 Å². The highest BCUT2D eigenvalue weighted by atomic mass is 32.1. The molecule has 0 radical (unpaired) electrons. The number of carbonyl (C=O) groups excluding carboxylic acids is 2. The Balaban J connectivity index is 1.40. The van der Waals surface area contributed by atoms with Gasteiger partial charge >= 0.3 is 0 Å². The molecule has 7 nitrogen and oxygen atoms in total. The molecule has 0 bridgehead atoms. The van der Waals surface area contributed by atoms with Crippen molar-refractivity contribution in [2.45, 2.75) is 64.7 Å². The molecule has 0 aromatic carbocycles. The summed E-state index contributed by atoms with van der Waals surface area (Å²) in [5.74, 6) is 0.734. The summed E-state index contributed by atoms with van der Waals surface area (Å²) in [6, 6.07) is 1.97. The van der Waals surface area contributed by atoms with E-state index >= 15 is 0 Å². The van der Waals surface area contributed by atoms with E-state index < -0.39 is 0 Å². The van der Waals surface area contributed by atoms with Crippen molar-refractivity contribution < 1.29 is 14.1 Å². The summed E-state index contributed by atoms with van der Waals surface area (Å²) in [6.45, 7) is 1.95. The van der Waals surface area contributed by atoms with Gasteiger partial charge in [0, 0.05) is 24.1 Å². The summed E-state index contributed by atoms with van der Waals surface area (Å²) in [5, 5.41) is 3.82. The van der Waals surface area contributed by atoms with E-state index in [-0.39, 0.29) is 18.2 Å². The van der Waals surface area contributed by atoms with Gasteiger partial charge in [0.1, 0.15) is 0 Å². The van der Waals surface area contributed by atoms with E-state index in [9.17, 15) is 9.59 Å². The lowest BCUT2D eigenvalue weighted by Crippen LogP contribution is -2.41. The second kappa shape index (κ2) is 8.93. The fraction of sp³-hybridized carbons (Fsp3) is 0.556. The van der Waals surface area contributed by atoms with E-state index in [1.807, 2.05) is 13.0 Å². The minimum Gasteiger partial charge on any atom is -0.339 e. The quantitative estimate of drug-likeness (QED) is 0.597. The standard InChI is InChI=1S/C18H24N4O3S/c1-2-15-19-17(25-22-15)10-6-9-16(23)20-21-18(24)14-11-12-7-4-3-5-8-13(12)26-14/h11H,2-10H2,1H3,(H,20,23)(H,21,24). The minimum atomic E-state index is -0.249. The highest BCUT2D eigenvalue weighted by Crippen LogP contribution is 2.28. The van der Waals surface area contributed by atoms with E-state index in [2.05, 4.69) is 21.0 Å². The number of hydrogen-bond acceptors (Lipinski definition) is 6. The molecule has 1 aliphatic carbocycles. The monoisotopic (exact) mass is 376 g/mol. The van der Waals surface area contributed by atoms with E-state index in [1.165, 1.54) is 41.0 Å². The maximum atomic E-state index is 12.2. The Hall–Kier alpha value is -2.22. The number of aromatic nitrogens is 2. The first-order valence-electron chi connectivity index (χ1n) is 9.18. The summed E-state index contributed by atoms with van der Waals surface area (Å²) < 4.78 is 5.08. The lowest BCUT2D eigenvalue weighted by atomic mass is 10.1. The molecule has 2 aromatic rings. The van der Waals surface area contributed by atoms with Crippen LogP contribution in [0.2, 0.25) is 0 Å². The molecule has 0 spiro atoms. The van der Waals surface area contributed by atoms with Crippen LogP contribution in [0.1, 0.15) is 70.9 Å². The molecule has 0 saturated carbocycles. The Kier molecular flexibility index (Phi) is 6.38. The molecule has 0 unspecified atom stereocenters. The molecule has 2 amide bonds.